The van der Waals surface area contributed by atoms with Gasteiger partial charge < -0.3 is 10.3 Å². The molecule has 2 heterocycles. The first-order valence-electron chi connectivity index (χ1n) is 8.70. The summed E-state index contributed by atoms with van der Waals surface area (Å²) >= 11 is 0. The molecule has 3 aromatic rings. The fourth-order valence-electron chi connectivity index (χ4n) is 3.48. The van der Waals surface area contributed by atoms with E-state index in [1.807, 2.05) is 52.0 Å². The first-order chi connectivity index (χ1) is 12.4. The summed E-state index contributed by atoms with van der Waals surface area (Å²) in [5.41, 5.74) is 4.87. The number of hydrogen-bond acceptors (Lipinski definition) is 3. The molecule has 0 bridgehead atoms. The molecule has 1 aromatic carbocycles. The Morgan fingerprint density at radius 2 is 1.92 bits per heavy atom. The van der Waals surface area contributed by atoms with E-state index in [1.165, 1.54) is 0 Å². The number of pyridine rings is 2. The number of aromatic nitrogens is 2. The van der Waals surface area contributed by atoms with Crippen LogP contribution in [0.4, 0.5) is 0 Å². The average molecular weight is 349 g/mol. The van der Waals surface area contributed by atoms with E-state index >= 15 is 0 Å². The van der Waals surface area contributed by atoms with Crippen LogP contribution in [0.2, 0.25) is 0 Å². The van der Waals surface area contributed by atoms with Gasteiger partial charge in [0.25, 0.3) is 5.56 Å². The van der Waals surface area contributed by atoms with Crippen LogP contribution in [0, 0.1) is 20.8 Å². The minimum Gasteiger partial charge on any atom is -0.349 e. The molecule has 0 fully saturated rings. The Morgan fingerprint density at radius 3 is 2.65 bits per heavy atom. The molecule has 0 aliphatic heterocycles. The molecule has 5 heteroatoms. The van der Waals surface area contributed by atoms with E-state index in [-0.39, 0.29) is 23.9 Å². The second-order valence-corrected chi connectivity index (χ2v) is 6.70. The van der Waals surface area contributed by atoms with Gasteiger partial charge in [0.15, 0.2) is 0 Å². The Balaban J connectivity index is 1.87. The van der Waals surface area contributed by atoms with Crippen LogP contribution in [0.1, 0.15) is 40.9 Å². The molecule has 2 N–H and O–H groups in total. The molecule has 1 atom stereocenters. The highest BCUT2D eigenvalue weighted by atomic mass is 16.2. The predicted octanol–water partition coefficient (Wildman–Crippen LogP) is 3.27. The molecule has 1 amide bonds. The van der Waals surface area contributed by atoms with Crippen molar-refractivity contribution in [3.63, 3.8) is 0 Å². The van der Waals surface area contributed by atoms with Gasteiger partial charge in [-0.25, -0.2) is 0 Å². The maximum Gasteiger partial charge on any atom is 0.252 e. The number of benzene rings is 1. The minimum absolute atomic E-state index is 0.0433. The van der Waals surface area contributed by atoms with Crippen molar-refractivity contribution in [1.82, 2.24) is 15.3 Å². The minimum atomic E-state index is -0.223. The van der Waals surface area contributed by atoms with Crippen LogP contribution < -0.4 is 10.9 Å². The quantitative estimate of drug-likeness (QED) is 0.759. The molecule has 134 valence electrons. The van der Waals surface area contributed by atoms with E-state index in [0.29, 0.717) is 5.56 Å². The second-order valence-electron chi connectivity index (χ2n) is 6.70. The van der Waals surface area contributed by atoms with E-state index in [9.17, 15) is 9.59 Å². The zero-order chi connectivity index (χ0) is 18.8. The van der Waals surface area contributed by atoms with Crippen molar-refractivity contribution in [3.05, 3.63) is 74.8 Å². The lowest BCUT2D eigenvalue weighted by atomic mass is 10.00. The molecule has 3 rings (SSSR count). The number of fused-ring (bicyclic) bond motifs is 1. The van der Waals surface area contributed by atoms with Crippen molar-refractivity contribution >= 4 is 16.8 Å². The summed E-state index contributed by atoms with van der Waals surface area (Å²) in [6.45, 7) is 7.75. The van der Waals surface area contributed by atoms with Crippen LogP contribution in [0.25, 0.3) is 10.9 Å². The van der Waals surface area contributed by atoms with Crippen LogP contribution >= 0.6 is 0 Å². The van der Waals surface area contributed by atoms with Crippen molar-refractivity contribution in [2.45, 2.75) is 40.2 Å². The second kappa shape index (κ2) is 7.12. The van der Waals surface area contributed by atoms with Gasteiger partial charge in [0.2, 0.25) is 5.91 Å². The number of carbonyl (C=O) groups excluding carboxylic acids is 1. The van der Waals surface area contributed by atoms with Gasteiger partial charge in [-0.05, 0) is 50.5 Å². The highest BCUT2D eigenvalue weighted by Crippen LogP contribution is 2.21. The molecule has 0 saturated heterocycles. The molecular weight excluding hydrogens is 326 g/mol. The number of rotatable bonds is 4. The van der Waals surface area contributed by atoms with Crippen LogP contribution in [0.3, 0.4) is 0 Å². The number of H-pyrrole nitrogens is 1. The summed E-state index contributed by atoms with van der Waals surface area (Å²) in [5, 5.41) is 3.90. The molecule has 2 aromatic heterocycles. The Kier molecular flexibility index (Phi) is 4.89. The van der Waals surface area contributed by atoms with E-state index < -0.39 is 0 Å². The lowest BCUT2D eigenvalue weighted by Gasteiger charge is -2.17. The number of hydrogen-bond donors (Lipinski definition) is 2. The normalized spacial score (nSPS) is 12.2. The van der Waals surface area contributed by atoms with Gasteiger partial charge in [-0.15, -0.1) is 0 Å². The third-order valence-corrected chi connectivity index (χ3v) is 4.86. The van der Waals surface area contributed by atoms with Crippen LogP contribution in [-0.4, -0.2) is 15.9 Å². The number of aryl methyl sites for hydroxylation is 3. The van der Waals surface area contributed by atoms with Crippen molar-refractivity contribution in [2.75, 3.05) is 0 Å². The molecule has 5 nitrogen and oxygen atoms in total. The van der Waals surface area contributed by atoms with Gasteiger partial charge in [-0.3, -0.25) is 14.6 Å². The van der Waals surface area contributed by atoms with Gasteiger partial charge in [0.1, 0.15) is 0 Å². The topological polar surface area (TPSA) is 74.8 Å². The van der Waals surface area contributed by atoms with E-state index in [2.05, 4.69) is 15.3 Å². The van der Waals surface area contributed by atoms with Gasteiger partial charge in [-0.2, -0.15) is 0 Å². The SMILES string of the molecule is Cc1ccccc1[C@@H](C)NC(=O)Cc1c(C)c2c(C)nccc2[nH]c1=O. The van der Waals surface area contributed by atoms with Crippen LogP contribution in [-0.2, 0) is 11.2 Å². The largest absolute Gasteiger partial charge is 0.349 e. The molecule has 0 saturated carbocycles. The smallest absolute Gasteiger partial charge is 0.252 e. The summed E-state index contributed by atoms with van der Waals surface area (Å²) < 4.78 is 0. The average Bonchev–Trinajstić information content (AvgIpc) is 2.58. The standard InChI is InChI=1S/C21H23N3O2/c1-12-7-5-6-8-16(12)14(3)23-19(25)11-17-13(2)20-15(4)22-10-9-18(20)24-21(17)26/h5-10,14H,11H2,1-4H3,(H,23,25)(H,24,26)/t14-/m1/s1. The molecule has 0 spiro atoms. The molecular formula is C21H23N3O2. The lowest BCUT2D eigenvalue weighted by molar-refractivity contribution is -0.121. The zero-order valence-corrected chi connectivity index (χ0v) is 15.5. The van der Waals surface area contributed by atoms with Crippen LogP contribution in [0.5, 0.6) is 0 Å². The maximum atomic E-state index is 12.6. The van der Waals surface area contributed by atoms with E-state index in [0.717, 1.165) is 33.3 Å². The fraction of sp³-hybridized carbons (Fsp3) is 0.286. The summed E-state index contributed by atoms with van der Waals surface area (Å²) in [5.74, 6) is -0.171. The van der Waals surface area contributed by atoms with Gasteiger partial charge in [0.05, 0.1) is 18.0 Å². The van der Waals surface area contributed by atoms with Gasteiger partial charge in [-0.1, -0.05) is 24.3 Å². The number of aromatic amines is 1. The Hall–Kier alpha value is -2.95. The summed E-state index contributed by atoms with van der Waals surface area (Å²) in [6, 6.07) is 9.61. The van der Waals surface area contributed by atoms with Gasteiger partial charge in [0, 0.05) is 22.8 Å². The summed E-state index contributed by atoms with van der Waals surface area (Å²) in [4.78, 5) is 32.2. The van der Waals surface area contributed by atoms with Gasteiger partial charge >= 0.3 is 0 Å². The summed E-state index contributed by atoms with van der Waals surface area (Å²) in [6.07, 6.45) is 1.71. The first kappa shape index (κ1) is 17.9. The van der Waals surface area contributed by atoms with E-state index in [4.69, 9.17) is 0 Å². The van der Waals surface area contributed by atoms with Crippen molar-refractivity contribution in [1.29, 1.82) is 0 Å². The Bertz CT molecular complexity index is 1040. The van der Waals surface area contributed by atoms with E-state index in [1.54, 1.807) is 12.3 Å². The Morgan fingerprint density at radius 1 is 1.19 bits per heavy atom. The first-order valence-corrected chi connectivity index (χ1v) is 8.70. The lowest BCUT2D eigenvalue weighted by Crippen LogP contribution is -2.31. The third-order valence-electron chi connectivity index (χ3n) is 4.86. The summed E-state index contributed by atoms with van der Waals surface area (Å²) in [7, 11) is 0. The van der Waals surface area contributed by atoms with Crippen LogP contribution in [0.15, 0.2) is 41.3 Å². The third kappa shape index (κ3) is 3.38. The Labute approximate surface area is 152 Å². The maximum absolute atomic E-state index is 12.6. The van der Waals surface area contributed by atoms with Crippen molar-refractivity contribution in [2.24, 2.45) is 0 Å². The number of nitrogens with one attached hydrogen (secondary N) is 2. The molecule has 0 radical (unpaired) electrons. The van der Waals surface area contributed by atoms with Crippen molar-refractivity contribution < 1.29 is 4.79 Å². The highest BCUT2D eigenvalue weighted by Gasteiger charge is 2.17. The number of nitrogens with zero attached hydrogens (tertiary/aromatic N) is 1. The number of carbonyl (C=O) groups is 1. The molecule has 26 heavy (non-hydrogen) atoms. The zero-order valence-electron chi connectivity index (χ0n) is 15.5. The predicted molar refractivity (Wildman–Crippen MR) is 103 cm³/mol. The highest BCUT2D eigenvalue weighted by molar-refractivity contribution is 5.87. The molecule has 0 aliphatic rings. The fourth-order valence-corrected chi connectivity index (χ4v) is 3.48. The molecule has 0 aliphatic carbocycles. The number of amides is 1. The van der Waals surface area contributed by atoms with Crippen molar-refractivity contribution in [3.8, 4) is 0 Å². The monoisotopic (exact) mass is 349 g/mol. The molecule has 0 unspecified atom stereocenters.